The van der Waals surface area contributed by atoms with Gasteiger partial charge in [0.25, 0.3) is 0 Å². The zero-order valence-electron chi connectivity index (χ0n) is 12.7. The first-order valence-electron chi connectivity index (χ1n) is 6.38. The molecule has 0 saturated carbocycles. The van der Waals surface area contributed by atoms with E-state index in [-0.39, 0.29) is 11.4 Å². The van der Waals surface area contributed by atoms with Crippen LogP contribution in [0, 0.1) is 0 Å². The van der Waals surface area contributed by atoms with E-state index in [0.717, 1.165) is 0 Å². The van der Waals surface area contributed by atoms with Gasteiger partial charge < -0.3 is 19.5 Å². The first kappa shape index (κ1) is 17.7. The largest absolute Gasteiger partial charge is 0.493 e. The predicted molar refractivity (Wildman–Crippen MR) is 79.4 cm³/mol. The number of hydrogen-bond acceptors (Lipinski definition) is 6. The quantitative estimate of drug-likeness (QED) is 0.639. The van der Waals surface area contributed by atoms with Gasteiger partial charge in [0.15, 0.2) is 11.5 Å². The maximum Gasteiger partial charge on any atom is 0.240 e. The molecule has 0 fully saturated rings. The predicted octanol–water partition coefficient (Wildman–Crippen LogP) is 0.348. The lowest BCUT2D eigenvalue weighted by Gasteiger charge is -2.15. The monoisotopic (exact) mass is 318 g/mol. The van der Waals surface area contributed by atoms with Crippen molar-refractivity contribution in [2.45, 2.75) is 11.4 Å². The highest BCUT2D eigenvalue weighted by Crippen LogP contribution is 2.34. The van der Waals surface area contributed by atoms with Crippen molar-refractivity contribution in [2.24, 2.45) is 0 Å². The second kappa shape index (κ2) is 8.18. The number of rotatable bonds is 9. The normalized spacial score (nSPS) is 11.4. The van der Waals surface area contributed by atoms with Gasteiger partial charge in [-0.25, -0.2) is 13.1 Å². The Morgan fingerprint density at radius 1 is 1.14 bits per heavy atom. The summed E-state index contributed by atoms with van der Waals surface area (Å²) in [4.78, 5) is 0.126. The van der Waals surface area contributed by atoms with Gasteiger partial charge in [-0.05, 0) is 13.1 Å². The molecule has 2 N–H and O–H groups in total. The van der Waals surface area contributed by atoms with E-state index in [2.05, 4.69) is 10.0 Å². The molecule has 0 aliphatic carbocycles. The molecule has 21 heavy (non-hydrogen) atoms. The fourth-order valence-electron chi connectivity index (χ4n) is 1.85. The molecule has 8 heteroatoms. The van der Waals surface area contributed by atoms with E-state index in [1.54, 1.807) is 13.1 Å². The topological polar surface area (TPSA) is 85.9 Å². The average Bonchev–Trinajstić information content (AvgIpc) is 2.46. The summed E-state index contributed by atoms with van der Waals surface area (Å²) in [5.41, 5.74) is 0.700. The Morgan fingerprint density at radius 3 is 2.38 bits per heavy atom. The van der Waals surface area contributed by atoms with Crippen LogP contribution in [-0.2, 0) is 21.3 Å². The van der Waals surface area contributed by atoms with Gasteiger partial charge in [0.1, 0.15) is 0 Å². The Hall–Kier alpha value is -1.35. The summed E-state index contributed by atoms with van der Waals surface area (Å²) in [6.07, 6.45) is 0. The Kier molecular flexibility index (Phi) is 6.90. The second-order valence-electron chi connectivity index (χ2n) is 4.24. The van der Waals surface area contributed by atoms with E-state index >= 15 is 0 Å². The third-order valence-corrected chi connectivity index (χ3v) is 4.25. The molecule has 0 heterocycles. The molecule has 0 bridgehead atoms. The zero-order chi connectivity index (χ0) is 15.9. The van der Waals surface area contributed by atoms with Gasteiger partial charge in [0.2, 0.25) is 10.0 Å². The maximum absolute atomic E-state index is 12.2. The first-order valence-corrected chi connectivity index (χ1v) is 7.86. The summed E-state index contributed by atoms with van der Waals surface area (Å²) < 4.78 is 42.3. The van der Waals surface area contributed by atoms with Gasteiger partial charge >= 0.3 is 0 Å². The fourth-order valence-corrected chi connectivity index (χ4v) is 2.93. The van der Waals surface area contributed by atoms with Crippen LogP contribution in [0.4, 0.5) is 0 Å². The molecule has 0 atom stereocenters. The van der Waals surface area contributed by atoms with Gasteiger partial charge in [-0.15, -0.1) is 0 Å². The molecule has 0 aliphatic heterocycles. The van der Waals surface area contributed by atoms with Crippen molar-refractivity contribution in [3.05, 3.63) is 17.7 Å². The van der Waals surface area contributed by atoms with Crippen molar-refractivity contribution in [2.75, 3.05) is 41.5 Å². The van der Waals surface area contributed by atoms with Crippen LogP contribution in [0.5, 0.6) is 11.5 Å². The molecule has 1 rings (SSSR count). The highest BCUT2D eigenvalue weighted by Gasteiger charge is 2.20. The lowest BCUT2D eigenvalue weighted by Crippen LogP contribution is -2.27. The van der Waals surface area contributed by atoms with E-state index in [1.165, 1.54) is 27.4 Å². The minimum Gasteiger partial charge on any atom is -0.493 e. The van der Waals surface area contributed by atoms with Crippen LogP contribution in [0.1, 0.15) is 5.56 Å². The van der Waals surface area contributed by atoms with Crippen molar-refractivity contribution in [1.29, 1.82) is 0 Å². The van der Waals surface area contributed by atoms with E-state index < -0.39 is 10.0 Å². The van der Waals surface area contributed by atoms with E-state index in [4.69, 9.17) is 14.2 Å². The van der Waals surface area contributed by atoms with Crippen LogP contribution in [0.2, 0.25) is 0 Å². The molecule has 0 unspecified atom stereocenters. The SMILES string of the molecule is CNCc1cc(S(=O)(=O)NCCOC)cc(OC)c1OC. The molecule has 1 aromatic rings. The van der Waals surface area contributed by atoms with Crippen molar-refractivity contribution in [3.8, 4) is 11.5 Å². The van der Waals surface area contributed by atoms with Crippen LogP contribution in [0.15, 0.2) is 17.0 Å². The van der Waals surface area contributed by atoms with Crippen LogP contribution >= 0.6 is 0 Å². The number of ether oxygens (including phenoxy) is 3. The van der Waals surface area contributed by atoms with E-state index in [9.17, 15) is 8.42 Å². The van der Waals surface area contributed by atoms with Crippen molar-refractivity contribution in [1.82, 2.24) is 10.0 Å². The minimum absolute atomic E-state index is 0.126. The van der Waals surface area contributed by atoms with Crippen molar-refractivity contribution in [3.63, 3.8) is 0 Å². The number of benzene rings is 1. The average molecular weight is 318 g/mol. The Bertz CT molecular complexity index is 560. The number of hydrogen-bond donors (Lipinski definition) is 2. The minimum atomic E-state index is -3.62. The molecule has 1 aromatic carbocycles. The number of sulfonamides is 1. The molecule has 0 aliphatic rings. The Labute approximate surface area is 125 Å². The van der Waals surface area contributed by atoms with Crippen molar-refractivity contribution >= 4 is 10.0 Å². The fraction of sp³-hybridized carbons (Fsp3) is 0.538. The van der Waals surface area contributed by atoms with Crippen molar-refractivity contribution < 1.29 is 22.6 Å². The molecular formula is C13H22N2O5S. The maximum atomic E-state index is 12.2. The standard InChI is InChI=1S/C13H22N2O5S/c1-14-9-10-7-11(8-12(19-3)13(10)20-4)21(16,17)15-5-6-18-2/h7-8,14-15H,5-6,9H2,1-4H3. The summed E-state index contributed by atoms with van der Waals surface area (Å²) in [6.45, 7) is 0.964. The van der Waals surface area contributed by atoms with Gasteiger partial charge in [-0.1, -0.05) is 0 Å². The van der Waals surface area contributed by atoms with Gasteiger partial charge in [0, 0.05) is 31.8 Å². The van der Waals surface area contributed by atoms with E-state index in [1.807, 2.05) is 0 Å². The third-order valence-electron chi connectivity index (χ3n) is 2.81. The third kappa shape index (κ3) is 4.57. The van der Waals surface area contributed by atoms with Gasteiger partial charge in [0.05, 0.1) is 25.7 Å². The van der Waals surface area contributed by atoms with E-state index in [0.29, 0.717) is 30.2 Å². The molecule has 0 amide bonds. The summed E-state index contributed by atoms with van der Waals surface area (Å²) in [5.74, 6) is 0.889. The molecule has 0 spiro atoms. The smallest absolute Gasteiger partial charge is 0.240 e. The Balaban J connectivity index is 3.21. The summed E-state index contributed by atoms with van der Waals surface area (Å²) in [5, 5.41) is 2.97. The highest BCUT2D eigenvalue weighted by atomic mass is 32.2. The molecule has 120 valence electrons. The highest BCUT2D eigenvalue weighted by molar-refractivity contribution is 7.89. The molecule has 7 nitrogen and oxygen atoms in total. The Morgan fingerprint density at radius 2 is 1.86 bits per heavy atom. The molecule has 0 saturated heterocycles. The molecule has 0 radical (unpaired) electrons. The summed E-state index contributed by atoms with van der Waals surface area (Å²) in [7, 11) is 2.64. The number of methoxy groups -OCH3 is 3. The zero-order valence-corrected chi connectivity index (χ0v) is 13.5. The molecular weight excluding hydrogens is 296 g/mol. The first-order chi connectivity index (χ1) is 10.00. The summed E-state index contributed by atoms with van der Waals surface area (Å²) >= 11 is 0. The van der Waals surface area contributed by atoms with Gasteiger partial charge in [-0.2, -0.15) is 0 Å². The lowest BCUT2D eigenvalue weighted by molar-refractivity contribution is 0.204. The number of nitrogens with one attached hydrogen (secondary N) is 2. The van der Waals surface area contributed by atoms with Crippen LogP contribution < -0.4 is 19.5 Å². The van der Waals surface area contributed by atoms with Crippen LogP contribution in [0.25, 0.3) is 0 Å². The summed E-state index contributed by atoms with van der Waals surface area (Å²) in [6, 6.07) is 3.00. The lowest BCUT2D eigenvalue weighted by atomic mass is 10.2. The van der Waals surface area contributed by atoms with Crippen LogP contribution in [-0.4, -0.2) is 49.9 Å². The molecule has 0 aromatic heterocycles. The van der Waals surface area contributed by atoms with Gasteiger partial charge in [-0.3, -0.25) is 0 Å². The second-order valence-corrected chi connectivity index (χ2v) is 6.01. The van der Waals surface area contributed by atoms with Crippen LogP contribution in [0.3, 0.4) is 0 Å².